The van der Waals surface area contributed by atoms with Gasteiger partial charge in [0.1, 0.15) is 0 Å². The van der Waals surface area contributed by atoms with Crippen LogP contribution < -0.4 is 5.32 Å². The molecule has 0 atom stereocenters. The maximum absolute atomic E-state index is 3.77. The molecule has 0 aromatic rings. The zero-order chi connectivity index (χ0) is 11.5. The summed E-state index contributed by atoms with van der Waals surface area (Å²) in [6.45, 7) is 15.1. The number of nitrogens with one attached hydrogen (secondary N) is 1. The van der Waals surface area contributed by atoms with E-state index >= 15 is 0 Å². The van der Waals surface area contributed by atoms with E-state index in [1.807, 2.05) is 24.3 Å². The Morgan fingerprint density at radius 1 is 0.688 bits per heavy atom. The molecular formula is C14H24ClN. The largest absolute Gasteiger partial charge is 0.310 e. The minimum absolute atomic E-state index is 0. The summed E-state index contributed by atoms with van der Waals surface area (Å²) in [5.74, 6) is 0. The van der Waals surface area contributed by atoms with Crippen LogP contribution in [0, 0.1) is 0 Å². The van der Waals surface area contributed by atoms with Gasteiger partial charge in [-0.1, -0.05) is 24.3 Å². The first kappa shape index (κ1) is 17.6. The Labute approximate surface area is 106 Å². The number of hydrogen-bond acceptors (Lipinski definition) is 1. The third-order valence-corrected chi connectivity index (χ3v) is 2.28. The van der Waals surface area contributed by atoms with Crippen molar-refractivity contribution in [2.75, 3.05) is 0 Å². The Kier molecular flexibility index (Phi) is 13.5. The highest BCUT2D eigenvalue weighted by Gasteiger charge is 2.10. The van der Waals surface area contributed by atoms with Crippen molar-refractivity contribution in [2.24, 2.45) is 0 Å². The molecule has 0 fully saturated rings. The lowest BCUT2D eigenvalue weighted by Crippen LogP contribution is -2.37. The van der Waals surface area contributed by atoms with E-state index in [0.717, 1.165) is 25.7 Å². The lowest BCUT2D eigenvalue weighted by Gasteiger charge is -2.22. The molecule has 0 amide bonds. The van der Waals surface area contributed by atoms with Crippen LogP contribution in [0.4, 0.5) is 0 Å². The molecule has 0 saturated carbocycles. The molecule has 0 aromatic carbocycles. The topological polar surface area (TPSA) is 12.0 Å². The van der Waals surface area contributed by atoms with Crippen molar-refractivity contribution >= 4 is 12.4 Å². The standard InChI is InChI=1S/C14H23N.ClH/c1-5-9-13(10-6-2)15-14(11-7-3)12-8-4;/h5-8,13-15H,1-4,9-12H2;1H. The van der Waals surface area contributed by atoms with Crippen LogP contribution in [0.15, 0.2) is 50.6 Å². The van der Waals surface area contributed by atoms with E-state index < -0.39 is 0 Å². The maximum atomic E-state index is 3.77. The highest BCUT2D eigenvalue weighted by molar-refractivity contribution is 5.85. The average Bonchev–Trinajstić information content (AvgIpc) is 2.19. The van der Waals surface area contributed by atoms with Gasteiger partial charge in [0.15, 0.2) is 0 Å². The summed E-state index contributed by atoms with van der Waals surface area (Å²) in [6.07, 6.45) is 11.7. The number of rotatable bonds is 10. The predicted octanol–water partition coefficient (Wildman–Crippen LogP) is 4.04. The van der Waals surface area contributed by atoms with Crippen molar-refractivity contribution in [3.8, 4) is 0 Å². The van der Waals surface area contributed by atoms with E-state index in [0.29, 0.717) is 12.1 Å². The van der Waals surface area contributed by atoms with E-state index in [9.17, 15) is 0 Å². The Morgan fingerprint density at radius 3 is 1.12 bits per heavy atom. The second kappa shape index (κ2) is 12.3. The third-order valence-electron chi connectivity index (χ3n) is 2.28. The second-order valence-electron chi connectivity index (χ2n) is 3.66. The van der Waals surface area contributed by atoms with Crippen molar-refractivity contribution < 1.29 is 0 Å². The van der Waals surface area contributed by atoms with Crippen molar-refractivity contribution in [2.45, 2.75) is 37.8 Å². The summed E-state index contributed by atoms with van der Waals surface area (Å²) >= 11 is 0. The minimum atomic E-state index is 0. The Morgan fingerprint density at radius 2 is 0.938 bits per heavy atom. The smallest absolute Gasteiger partial charge is 0.0139 e. The fourth-order valence-corrected chi connectivity index (χ4v) is 1.60. The minimum Gasteiger partial charge on any atom is -0.310 e. The van der Waals surface area contributed by atoms with Gasteiger partial charge in [0, 0.05) is 12.1 Å². The molecule has 1 nitrogen and oxygen atoms in total. The molecule has 0 spiro atoms. The van der Waals surface area contributed by atoms with Gasteiger partial charge in [0.2, 0.25) is 0 Å². The van der Waals surface area contributed by atoms with E-state index in [1.165, 1.54) is 0 Å². The fraction of sp³-hybridized carbons (Fsp3) is 0.429. The lowest BCUT2D eigenvalue weighted by molar-refractivity contribution is 0.430. The van der Waals surface area contributed by atoms with Gasteiger partial charge in [-0.15, -0.1) is 38.7 Å². The molecule has 0 aromatic heterocycles. The van der Waals surface area contributed by atoms with Crippen LogP contribution in [0.3, 0.4) is 0 Å². The van der Waals surface area contributed by atoms with Gasteiger partial charge in [-0.05, 0) is 25.7 Å². The van der Waals surface area contributed by atoms with Crippen LogP contribution in [-0.4, -0.2) is 12.1 Å². The lowest BCUT2D eigenvalue weighted by atomic mass is 10.1. The quantitative estimate of drug-likeness (QED) is 0.570. The molecule has 2 heteroatoms. The van der Waals surface area contributed by atoms with Gasteiger partial charge in [0.05, 0.1) is 0 Å². The molecule has 0 bridgehead atoms. The highest BCUT2D eigenvalue weighted by atomic mass is 35.5. The van der Waals surface area contributed by atoms with Gasteiger partial charge in [-0.2, -0.15) is 0 Å². The molecule has 0 aliphatic rings. The van der Waals surface area contributed by atoms with Crippen molar-refractivity contribution in [3.05, 3.63) is 50.6 Å². The highest BCUT2D eigenvalue weighted by Crippen LogP contribution is 2.06. The molecule has 0 saturated heterocycles. The molecule has 0 heterocycles. The molecule has 0 aliphatic carbocycles. The first-order valence-corrected chi connectivity index (χ1v) is 5.48. The maximum Gasteiger partial charge on any atom is 0.0139 e. The van der Waals surface area contributed by atoms with E-state index in [4.69, 9.17) is 0 Å². The Hall–Kier alpha value is -0.790. The summed E-state index contributed by atoms with van der Waals surface area (Å²) in [4.78, 5) is 0. The Balaban J connectivity index is 0. The normalized spacial score (nSPS) is 9.62. The zero-order valence-electron chi connectivity index (χ0n) is 10.0. The van der Waals surface area contributed by atoms with Crippen LogP contribution in [-0.2, 0) is 0 Å². The van der Waals surface area contributed by atoms with Gasteiger partial charge in [-0.3, -0.25) is 0 Å². The molecule has 0 rings (SSSR count). The molecule has 0 aliphatic heterocycles. The monoisotopic (exact) mass is 241 g/mol. The van der Waals surface area contributed by atoms with E-state index in [1.54, 1.807) is 0 Å². The van der Waals surface area contributed by atoms with Gasteiger partial charge in [0.25, 0.3) is 0 Å². The third kappa shape index (κ3) is 8.51. The summed E-state index contributed by atoms with van der Waals surface area (Å²) in [7, 11) is 0. The van der Waals surface area contributed by atoms with Gasteiger partial charge >= 0.3 is 0 Å². The van der Waals surface area contributed by atoms with Crippen LogP contribution in [0.2, 0.25) is 0 Å². The predicted molar refractivity (Wildman–Crippen MR) is 77.2 cm³/mol. The summed E-state index contributed by atoms with van der Waals surface area (Å²) in [5, 5.41) is 3.57. The fourth-order valence-electron chi connectivity index (χ4n) is 1.60. The van der Waals surface area contributed by atoms with Crippen LogP contribution in [0.1, 0.15) is 25.7 Å². The van der Waals surface area contributed by atoms with Crippen molar-refractivity contribution in [1.29, 1.82) is 0 Å². The second-order valence-corrected chi connectivity index (χ2v) is 3.66. The van der Waals surface area contributed by atoms with E-state index in [-0.39, 0.29) is 12.4 Å². The van der Waals surface area contributed by atoms with Gasteiger partial charge in [-0.25, -0.2) is 0 Å². The van der Waals surface area contributed by atoms with Crippen molar-refractivity contribution in [1.82, 2.24) is 5.32 Å². The average molecular weight is 242 g/mol. The molecule has 1 N–H and O–H groups in total. The molecule has 92 valence electrons. The molecular weight excluding hydrogens is 218 g/mol. The van der Waals surface area contributed by atoms with Crippen molar-refractivity contribution in [3.63, 3.8) is 0 Å². The van der Waals surface area contributed by atoms with Crippen LogP contribution >= 0.6 is 12.4 Å². The summed E-state index contributed by atoms with van der Waals surface area (Å²) in [6, 6.07) is 0.870. The summed E-state index contributed by atoms with van der Waals surface area (Å²) in [5.41, 5.74) is 0. The van der Waals surface area contributed by atoms with Crippen LogP contribution in [0.5, 0.6) is 0 Å². The molecule has 16 heavy (non-hydrogen) atoms. The Bertz CT molecular complexity index is 169. The van der Waals surface area contributed by atoms with E-state index in [2.05, 4.69) is 31.6 Å². The molecule has 0 radical (unpaired) electrons. The first-order valence-electron chi connectivity index (χ1n) is 5.48. The molecule has 0 unspecified atom stereocenters. The zero-order valence-corrected chi connectivity index (χ0v) is 10.8. The number of hydrogen-bond donors (Lipinski definition) is 1. The van der Waals surface area contributed by atoms with Gasteiger partial charge < -0.3 is 5.32 Å². The van der Waals surface area contributed by atoms with Crippen LogP contribution in [0.25, 0.3) is 0 Å². The SMILES string of the molecule is C=CCC(CC=C)NC(CC=C)CC=C.Cl. The first-order chi connectivity index (χ1) is 7.28. The number of halogens is 1. The summed E-state index contributed by atoms with van der Waals surface area (Å²) < 4.78 is 0.